The molecule has 1 saturated heterocycles. The van der Waals surface area contributed by atoms with Crippen LogP contribution >= 0.6 is 11.6 Å². The highest BCUT2D eigenvalue weighted by Crippen LogP contribution is 2.26. The molecule has 5 heteroatoms. The minimum absolute atomic E-state index is 0.214. The molecule has 0 bridgehead atoms. The molecule has 4 nitrogen and oxygen atoms in total. The molecule has 0 N–H and O–H groups in total. The van der Waals surface area contributed by atoms with E-state index in [0.29, 0.717) is 5.15 Å². The molecule has 0 radical (unpaired) electrons. The predicted molar refractivity (Wildman–Crippen MR) is 78.0 cm³/mol. The molecule has 0 aliphatic carbocycles. The van der Waals surface area contributed by atoms with Crippen molar-refractivity contribution in [2.75, 3.05) is 18.0 Å². The number of anilines is 1. The van der Waals surface area contributed by atoms with Crippen LogP contribution in [0.5, 0.6) is 0 Å². The second kappa shape index (κ2) is 6.06. The van der Waals surface area contributed by atoms with Gasteiger partial charge in [-0.25, -0.2) is 9.97 Å². The van der Waals surface area contributed by atoms with Crippen molar-refractivity contribution >= 4 is 17.4 Å². The van der Waals surface area contributed by atoms with Crippen LogP contribution in [0.1, 0.15) is 38.6 Å². The summed E-state index contributed by atoms with van der Waals surface area (Å²) in [5.41, 5.74) is 0.961. The molecule has 1 fully saturated rings. The van der Waals surface area contributed by atoms with E-state index < -0.39 is 0 Å². The van der Waals surface area contributed by atoms with Crippen molar-refractivity contribution in [3.8, 4) is 0 Å². The first-order chi connectivity index (χ1) is 9.01. The highest BCUT2D eigenvalue weighted by molar-refractivity contribution is 6.30. The number of hydrogen-bond acceptors (Lipinski definition) is 4. The monoisotopic (exact) mass is 283 g/mol. The summed E-state index contributed by atoms with van der Waals surface area (Å²) in [6.45, 7) is 9.99. The number of hydrogen-bond donors (Lipinski definition) is 0. The normalized spacial score (nSPS) is 23.7. The summed E-state index contributed by atoms with van der Waals surface area (Å²) >= 11 is 6.24. The van der Waals surface area contributed by atoms with Gasteiger partial charge in [-0.1, -0.05) is 18.5 Å². The molecular weight excluding hydrogens is 262 g/mol. The lowest BCUT2D eigenvalue weighted by Crippen LogP contribution is -2.46. The molecular formula is C14H22ClN3O. The summed E-state index contributed by atoms with van der Waals surface area (Å²) in [7, 11) is 0. The first-order valence-electron chi connectivity index (χ1n) is 6.94. The lowest BCUT2D eigenvalue weighted by atomic mass is 10.2. The smallest absolute Gasteiger partial charge is 0.137 e. The molecule has 0 amide bonds. The van der Waals surface area contributed by atoms with Crippen LogP contribution in [0.4, 0.5) is 5.82 Å². The van der Waals surface area contributed by atoms with Crippen LogP contribution in [0.2, 0.25) is 5.15 Å². The largest absolute Gasteiger partial charge is 0.372 e. The molecule has 0 saturated carbocycles. The van der Waals surface area contributed by atoms with E-state index in [1.54, 1.807) is 0 Å². The quantitative estimate of drug-likeness (QED) is 0.800. The summed E-state index contributed by atoms with van der Waals surface area (Å²) < 4.78 is 5.77. The van der Waals surface area contributed by atoms with Crippen molar-refractivity contribution in [3.05, 3.63) is 16.5 Å². The minimum atomic E-state index is 0.214. The average molecular weight is 284 g/mol. The number of rotatable bonds is 3. The SMILES string of the molecule is CCCc1nc(Cl)c(C)c(N2C[C@@H](C)O[C@@H](C)C2)n1. The maximum atomic E-state index is 6.24. The highest BCUT2D eigenvalue weighted by atomic mass is 35.5. The number of ether oxygens (including phenoxy) is 1. The molecule has 1 aliphatic rings. The second-order valence-corrected chi connectivity index (χ2v) is 5.65. The average Bonchev–Trinajstić information content (AvgIpc) is 2.32. The van der Waals surface area contributed by atoms with Crippen LogP contribution in [-0.2, 0) is 11.2 Å². The van der Waals surface area contributed by atoms with Crippen molar-refractivity contribution in [1.82, 2.24) is 9.97 Å². The Morgan fingerprint density at radius 1 is 1.26 bits per heavy atom. The Balaban J connectivity index is 2.31. The molecule has 106 valence electrons. The Morgan fingerprint density at radius 2 is 1.89 bits per heavy atom. The number of halogens is 1. The molecule has 0 unspecified atom stereocenters. The van der Waals surface area contributed by atoms with Gasteiger partial charge in [-0.05, 0) is 27.2 Å². The van der Waals surface area contributed by atoms with E-state index in [1.165, 1.54) is 0 Å². The van der Waals surface area contributed by atoms with Gasteiger partial charge in [0.05, 0.1) is 12.2 Å². The van der Waals surface area contributed by atoms with Gasteiger partial charge in [-0.2, -0.15) is 0 Å². The Labute approximate surface area is 120 Å². The van der Waals surface area contributed by atoms with Gasteiger partial charge >= 0.3 is 0 Å². The van der Waals surface area contributed by atoms with E-state index in [1.807, 2.05) is 6.92 Å². The third kappa shape index (κ3) is 3.37. The Morgan fingerprint density at radius 3 is 2.47 bits per heavy atom. The predicted octanol–water partition coefficient (Wildman–Crippen LogP) is 3.00. The second-order valence-electron chi connectivity index (χ2n) is 5.29. The number of aromatic nitrogens is 2. The fourth-order valence-corrected chi connectivity index (χ4v) is 2.70. The van der Waals surface area contributed by atoms with E-state index in [4.69, 9.17) is 21.3 Å². The van der Waals surface area contributed by atoms with E-state index in [2.05, 4.69) is 30.7 Å². The van der Waals surface area contributed by atoms with Gasteiger partial charge in [-0.15, -0.1) is 0 Å². The van der Waals surface area contributed by atoms with Crippen LogP contribution < -0.4 is 4.90 Å². The highest BCUT2D eigenvalue weighted by Gasteiger charge is 2.25. The van der Waals surface area contributed by atoms with Crippen LogP contribution in [0, 0.1) is 6.92 Å². The topological polar surface area (TPSA) is 38.2 Å². The zero-order valence-corrected chi connectivity index (χ0v) is 12.9. The van der Waals surface area contributed by atoms with Crippen molar-refractivity contribution in [2.24, 2.45) is 0 Å². The minimum Gasteiger partial charge on any atom is -0.372 e. The fourth-order valence-electron chi connectivity index (χ4n) is 2.51. The lowest BCUT2D eigenvalue weighted by Gasteiger charge is -2.36. The fraction of sp³-hybridized carbons (Fsp3) is 0.714. The van der Waals surface area contributed by atoms with Crippen molar-refractivity contribution in [2.45, 2.75) is 52.7 Å². The van der Waals surface area contributed by atoms with E-state index >= 15 is 0 Å². The molecule has 1 aliphatic heterocycles. The van der Waals surface area contributed by atoms with Crippen LogP contribution in [0.15, 0.2) is 0 Å². The summed E-state index contributed by atoms with van der Waals surface area (Å²) in [6.07, 6.45) is 2.31. The maximum absolute atomic E-state index is 6.24. The van der Waals surface area contributed by atoms with Gasteiger partial charge in [0.1, 0.15) is 16.8 Å². The standard InChI is InChI=1S/C14H22ClN3O/c1-5-6-12-16-13(15)11(4)14(17-12)18-7-9(2)19-10(3)8-18/h9-10H,5-8H2,1-4H3/t9-,10+. The summed E-state index contributed by atoms with van der Waals surface area (Å²) in [6, 6.07) is 0. The molecule has 2 heterocycles. The summed E-state index contributed by atoms with van der Waals surface area (Å²) in [4.78, 5) is 11.3. The van der Waals surface area contributed by atoms with Crippen molar-refractivity contribution in [1.29, 1.82) is 0 Å². The van der Waals surface area contributed by atoms with Gasteiger partial charge in [0.15, 0.2) is 0 Å². The number of aryl methyl sites for hydroxylation is 1. The molecule has 0 aromatic carbocycles. The van der Waals surface area contributed by atoms with Crippen molar-refractivity contribution < 1.29 is 4.74 Å². The van der Waals surface area contributed by atoms with Gasteiger partial charge in [0.2, 0.25) is 0 Å². The first-order valence-corrected chi connectivity index (χ1v) is 7.32. The Bertz CT molecular complexity index is 443. The third-order valence-electron chi connectivity index (χ3n) is 3.30. The Kier molecular flexibility index (Phi) is 4.63. The zero-order chi connectivity index (χ0) is 14.0. The van der Waals surface area contributed by atoms with Crippen LogP contribution in [0.3, 0.4) is 0 Å². The molecule has 2 atom stereocenters. The third-order valence-corrected chi connectivity index (χ3v) is 3.67. The summed E-state index contributed by atoms with van der Waals surface area (Å²) in [5, 5.41) is 0.570. The summed E-state index contributed by atoms with van der Waals surface area (Å²) in [5.74, 6) is 1.80. The molecule has 19 heavy (non-hydrogen) atoms. The van der Waals surface area contributed by atoms with Crippen molar-refractivity contribution in [3.63, 3.8) is 0 Å². The molecule has 2 rings (SSSR count). The van der Waals surface area contributed by atoms with Gasteiger partial charge in [0.25, 0.3) is 0 Å². The molecule has 1 aromatic rings. The van der Waals surface area contributed by atoms with Crippen LogP contribution in [-0.4, -0.2) is 35.3 Å². The maximum Gasteiger partial charge on any atom is 0.137 e. The van der Waals surface area contributed by atoms with E-state index in [0.717, 1.165) is 43.1 Å². The molecule has 1 aromatic heterocycles. The van der Waals surface area contributed by atoms with Gasteiger partial charge in [-0.3, -0.25) is 0 Å². The van der Waals surface area contributed by atoms with Crippen LogP contribution in [0.25, 0.3) is 0 Å². The number of morpholine rings is 1. The number of nitrogens with zero attached hydrogens (tertiary/aromatic N) is 3. The van der Waals surface area contributed by atoms with E-state index in [-0.39, 0.29) is 12.2 Å². The molecule has 0 spiro atoms. The Hall–Kier alpha value is -0.870. The lowest BCUT2D eigenvalue weighted by molar-refractivity contribution is -0.00551. The first kappa shape index (κ1) is 14.5. The van der Waals surface area contributed by atoms with Gasteiger partial charge in [0, 0.05) is 25.1 Å². The zero-order valence-electron chi connectivity index (χ0n) is 12.1. The van der Waals surface area contributed by atoms with Gasteiger partial charge < -0.3 is 9.64 Å². The van der Waals surface area contributed by atoms with E-state index in [9.17, 15) is 0 Å².